The first-order valence-electron chi connectivity index (χ1n) is 6.88. The summed E-state index contributed by atoms with van der Waals surface area (Å²) in [7, 11) is 0. The molecular formula is C17H20N2S. The third-order valence-corrected chi connectivity index (χ3v) is 3.47. The Hall–Kier alpha value is -1.87. The van der Waals surface area contributed by atoms with E-state index >= 15 is 0 Å². The first kappa shape index (κ1) is 14.5. The molecule has 0 saturated carbocycles. The van der Waals surface area contributed by atoms with Gasteiger partial charge in [-0.05, 0) is 24.1 Å². The quantitative estimate of drug-likeness (QED) is 0.790. The van der Waals surface area contributed by atoms with Crippen molar-refractivity contribution < 1.29 is 0 Å². The van der Waals surface area contributed by atoms with Crippen molar-refractivity contribution in [2.24, 2.45) is 5.73 Å². The van der Waals surface area contributed by atoms with Crippen LogP contribution in [0.3, 0.4) is 0 Å². The number of hydrogen-bond acceptors (Lipinski definition) is 2. The van der Waals surface area contributed by atoms with Crippen molar-refractivity contribution in [1.29, 1.82) is 0 Å². The van der Waals surface area contributed by atoms with Gasteiger partial charge in [0, 0.05) is 25.2 Å². The first-order chi connectivity index (χ1) is 9.75. The van der Waals surface area contributed by atoms with Gasteiger partial charge >= 0.3 is 0 Å². The molecule has 0 atom stereocenters. The Morgan fingerprint density at radius 3 is 2.10 bits per heavy atom. The monoisotopic (exact) mass is 284 g/mol. The molecule has 0 aliphatic heterocycles. The van der Waals surface area contributed by atoms with E-state index in [0.717, 1.165) is 25.9 Å². The van der Waals surface area contributed by atoms with Gasteiger partial charge in [0.2, 0.25) is 0 Å². The highest BCUT2D eigenvalue weighted by molar-refractivity contribution is 7.80. The Labute approximate surface area is 126 Å². The maximum atomic E-state index is 5.63. The van der Waals surface area contributed by atoms with Gasteiger partial charge in [-0.25, -0.2) is 0 Å². The first-order valence-corrected chi connectivity index (χ1v) is 7.29. The summed E-state index contributed by atoms with van der Waals surface area (Å²) in [5.41, 5.74) is 8.20. The van der Waals surface area contributed by atoms with Crippen molar-refractivity contribution >= 4 is 22.9 Å². The molecule has 104 valence electrons. The van der Waals surface area contributed by atoms with Gasteiger partial charge in [-0.1, -0.05) is 60.7 Å². The highest BCUT2D eigenvalue weighted by Crippen LogP contribution is 2.14. The van der Waals surface area contributed by atoms with Gasteiger partial charge in [-0.15, -0.1) is 0 Å². The smallest absolute Gasteiger partial charge is 0.0745 e. The zero-order valence-electron chi connectivity index (χ0n) is 11.5. The molecule has 2 N–H and O–H groups in total. The van der Waals surface area contributed by atoms with E-state index in [1.165, 1.54) is 11.3 Å². The van der Waals surface area contributed by atoms with E-state index in [4.69, 9.17) is 18.0 Å². The van der Waals surface area contributed by atoms with E-state index in [0.29, 0.717) is 4.99 Å². The van der Waals surface area contributed by atoms with Crippen LogP contribution < -0.4 is 10.6 Å². The minimum atomic E-state index is 0.575. The topological polar surface area (TPSA) is 29.3 Å². The zero-order chi connectivity index (χ0) is 14.2. The van der Waals surface area contributed by atoms with Crippen molar-refractivity contribution in [3.63, 3.8) is 0 Å². The summed E-state index contributed by atoms with van der Waals surface area (Å²) in [5.74, 6) is 0. The fourth-order valence-electron chi connectivity index (χ4n) is 2.16. The van der Waals surface area contributed by atoms with Crippen molar-refractivity contribution in [2.45, 2.75) is 12.8 Å². The largest absolute Gasteiger partial charge is 0.393 e. The molecule has 20 heavy (non-hydrogen) atoms. The molecule has 0 fully saturated rings. The number of benzene rings is 2. The highest BCUT2D eigenvalue weighted by Gasteiger charge is 2.06. The van der Waals surface area contributed by atoms with Crippen LogP contribution >= 0.6 is 12.2 Å². The van der Waals surface area contributed by atoms with Gasteiger partial charge in [0.15, 0.2) is 0 Å². The lowest BCUT2D eigenvalue weighted by atomic mass is 10.1. The molecule has 2 aromatic carbocycles. The second kappa shape index (κ2) is 7.65. The van der Waals surface area contributed by atoms with Crippen LogP contribution in [0, 0.1) is 0 Å². The molecular weight excluding hydrogens is 264 g/mol. The van der Waals surface area contributed by atoms with Gasteiger partial charge in [0.05, 0.1) is 4.99 Å². The Bertz CT molecular complexity index is 525. The summed E-state index contributed by atoms with van der Waals surface area (Å²) in [5, 5.41) is 0. The average Bonchev–Trinajstić information content (AvgIpc) is 2.49. The number of rotatable bonds is 7. The van der Waals surface area contributed by atoms with Crippen molar-refractivity contribution in [2.75, 3.05) is 18.0 Å². The Morgan fingerprint density at radius 1 is 0.900 bits per heavy atom. The molecule has 0 saturated heterocycles. The van der Waals surface area contributed by atoms with Crippen LogP contribution in [0.4, 0.5) is 5.69 Å². The normalized spacial score (nSPS) is 10.2. The van der Waals surface area contributed by atoms with Crippen molar-refractivity contribution in [1.82, 2.24) is 0 Å². The van der Waals surface area contributed by atoms with Gasteiger partial charge in [0.1, 0.15) is 0 Å². The molecule has 2 nitrogen and oxygen atoms in total. The average molecular weight is 284 g/mol. The number of para-hydroxylation sites is 1. The number of thiocarbonyl (C=S) groups is 1. The van der Waals surface area contributed by atoms with Gasteiger partial charge < -0.3 is 10.6 Å². The van der Waals surface area contributed by atoms with Crippen molar-refractivity contribution in [3.8, 4) is 0 Å². The Kier molecular flexibility index (Phi) is 5.56. The Morgan fingerprint density at radius 2 is 1.50 bits per heavy atom. The summed E-state index contributed by atoms with van der Waals surface area (Å²) in [6, 6.07) is 21.0. The van der Waals surface area contributed by atoms with E-state index in [1.54, 1.807) is 0 Å². The minimum absolute atomic E-state index is 0.575. The summed E-state index contributed by atoms with van der Waals surface area (Å²) in [6.07, 6.45) is 1.77. The molecule has 0 aliphatic rings. The molecule has 3 heteroatoms. The number of hydrogen-bond donors (Lipinski definition) is 1. The molecule has 0 bridgehead atoms. The highest BCUT2D eigenvalue weighted by atomic mass is 32.1. The van der Waals surface area contributed by atoms with Gasteiger partial charge in [0.25, 0.3) is 0 Å². The zero-order valence-corrected chi connectivity index (χ0v) is 12.4. The molecule has 0 aromatic heterocycles. The lowest BCUT2D eigenvalue weighted by Crippen LogP contribution is -2.29. The third-order valence-electron chi connectivity index (χ3n) is 3.26. The maximum absolute atomic E-state index is 5.63. The predicted molar refractivity (Wildman–Crippen MR) is 90.2 cm³/mol. The second-order valence-electron chi connectivity index (χ2n) is 4.77. The standard InChI is InChI=1S/C17H20N2S/c18-17(20)12-14-19(16-9-5-2-6-10-16)13-11-15-7-3-1-4-8-15/h1-10H,11-14H2,(H2,18,20). The molecule has 0 radical (unpaired) electrons. The molecule has 2 aromatic rings. The summed E-state index contributed by atoms with van der Waals surface area (Å²) in [6.45, 7) is 1.84. The van der Waals surface area contributed by atoms with Gasteiger partial charge in [-0.3, -0.25) is 0 Å². The van der Waals surface area contributed by atoms with Crippen LogP contribution in [-0.2, 0) is 6.42 Å². The fourth-order valence-corrected chi connectivity index (χ4v) is 2.25. The number of nitrogens with two attached hydrogens (primary N) is 1. The fraction of sp³-hybridized carbons (Fsp3) is 0.235. The molecule has 0 aliphatic carbocycles. The minimum Gasteiger partial charge on any atom is -0.393 e. The molecule has 2 rings (SSSR count). The van der Waals surface area contributed by atoms with Crippen LogP contribution in [0.15, 0.2) is 60.7 Å². The summed E-state index contributed by atoms with van der Waals surface area (Å²) >= 11 is 4.99. The van der Waals surface area contributed by atoms with Crippen LogP contribution in [0.2, 0.25) is 0 Å². The third kappa shape index (κ3) is 4.67. The SMILES string of the molecule is NC(=S)CCN(CCc1ccccc1)c1ccccc1. The van der Waals surface area contributed by atoms with E-state index in [9.17, 15) is 0 Å². The van der Waals surface area contributed by atoms with Crippen LogP contribution in [0.25, 0.3) is 0 Å². The molecule has 0 heterocycles. The Balaban J connectivity index is 2.01. The number of nitrogens with zero attached hydrogens (tertiary/aromatic N) is 1. The maximum Gasteiger partial charge on any atom is 0.0745 e. The second-order valence-corrected chi connectivity index (χ2v) is 5.30. The summed E-state index contributed by atoms with van der Waals surface area (Å²) in [4.78, 5) is 2.91. The lowest BCUT2D eigenvalue weighted by molar-refractivity contribution is 0.789. The van der Waals surface area contributed by atoms with E-state index in [-0.39, 0.29) is 0 Å². The van der Waals surface area contributed by atoms with Crippen molar-refractivity contribution in [3.05, 3.63) is 66.2 Å². The summed E-state index contributed by atoms with van der Waals surface area (Å²) < 4.78 is 0. The van der Waals surface area contributed by atoms with E-state index < -0.39 is 0 Å². The number of anilines is 1. The van der Waals surface area contributed by atoms with Gasteiger partial charge in [-0.2, -0.15) is 0 Å². The molecule has 0 unspecified atom stereocenters. The molecule has 0 spiro atoms. The lowest BCUT2D eigenvalue weighted by Gasteiger charge is -2.24. The van der Waals surface area contributed by atoms with Crippen LogP contribution in [0.5, 0.6) is 0 Å². The van der Waals surface area contributed by atoms with E-state index in [2.05, 4.69) is 53.4 Å². The molecule has 0 amide bonds. The predicted octanol–water partition coefficient (Wildman–Crippen LogP) is 3.41. The van der Waals surface area contributed by atoms with E-state index in [1.807, 2.05) is 12.1 Å². The van der Waals surface area contributed by atoms with Crippen LogP contribution in [-0.4, -0.2) is 18.1 Å². The van der Waals surface area contributed by atoms with Crippen LogP contribution in [0.1, 0.15) is 12.0 Å².